The van der Waals surface area contributed by atoms with E-state index in [0.717, 1.165) is 22.3 Å². The first-order chi connectivity index (χ1) is 13.7. The maximum atomic E-state index is 12.8. The summed E-state index contributed by atoms with van der Waals surface area (Å²) < 4.78 is 31.6. The molecule has 1 atom stereocenters. The van der Waals surface area contributed by atoms with Crippen LogP contribution < -0.4 is 9.64 Å². The molecule has 7 nitrogen and oxygen atoms in total. The Kier molecular flexibility index (Phi) is 6.14. The predicted octanol–water partition coefficient (Wildman–Crippen LogP) is 2.30. The van der Waals surface area contributed by atoms with E-state index < -0.39 is 10.0 Å². The van der Waals surface area contributed by atoms with Crippen LogP contribution in [-0.2, 0) is 10.0 Å². The van der Waals surface area contributed by atoms with Crippen LogP contribution in [0, 0.1) is 0 Å². The molecule has 156 valence electrons. The molecule has 3 rings (SSSR count). The molecule has 2 aromatic carbocycles. The standard InChI is InChI=1S/C21H27N3O4S/c1-5-24-15-17(28-20-9-7-6-8-19(20)24)14-23(4)21(25)16-10-12-18(13-11-16)29(26,27)22(2)3/h6-13,17H,5,14-15H2,1-4H3/t17-/m1/s1. The number of sulfonamides is 1. The summed E-state index contributed by atoms with van der Waals surface area (Å²) in [6.07, 6.45) is -0.146. The number of amides is 1. The highest BCUT2D eigenvalue weighted by atomic mass is 32.2. The van der Waals surface area contributed by atoms with Crippen LogP contribution in [0.1, 0.15) is 17.3 Å². The van der Waals surface area contributed by atoms with Gasteiger partial charge in [-0.15, -0.1) is 0 Å². The predicted molar refractivity (Wildman–Crippen MR) is 113 cm³/mol. The fraction of sp³-hybridized carbons (Fsp3) is 0.381. The van der Waals surface area contributed by atoms with Gasteiger partial charge in [0.25, 0.3) is 5.91 Å². The van der Waals surface area contributed by atoms with Gasteiger partial charge in [0, 0.05) is 33.3 Å². The van der Waals surface area contributed by atoms with Crippen molar-refractivity contribution in [3.8, 4) is 5.75 Å². The molecule has 8 heteroatoms. The van der Waals surface area contributed by atoms with E-state index in [-0.39, 0.29) is 16.9 Å². The number of hydrogen-bond donors (Lipinski definition) is 0. The number of para-hydroxylation sites is 2. The Morgan fingerprint density at radius 3 is 2.38 bits per heavy atom. The van der Waals surface area contributed by atoms with Gasteiger partial charge in [-0.25, -0.2) is 12.7 Å². The van der Waals surface area contributed by atoms with Crippen LogP contribution in [0.5, 0.6) is 5.75 Å². The lowest BCUT2D eigenvalue weighted by molar-refractivity contribution is 0.0709. The summed E-state index contributed by atoms with van der Waals surface area (Å²) in [7, 11) is 1.16. The topological polar surface area (TPSA) is 70.2 Å². The van der Waals surface area contributed by atoms with Crippen LogP contribution in [0.2, 0.25) is 0 Å². The highest BCUT2D eigenvalue weighted by Gasteiger charge is 2.27. The van der Waals surface area contributed by atoms with Crippen molar-refractivity contribution in [1.82, 2.24) is 9.21 Å². The minimum atomic E-state index is -3.52. The number of anilines is 1. The van der Waals surface area contributed by atoms with Crippen LogP contribution in [0.3, 0.4) is 0 Å². The Hall–Kier alpha value is -2.58. The Bertz CT molecular complexity index is 974. The molecular formula is C21H27N3O4S. The molecule has 1 aliphatic heterocycles. The molecule has 0 saturated heterocycles. The first-order valence-electron chi connectivity index (χ1n) is 9.52. The SMILES string of the molecule is CCN1C[C@@H](CN(C)C(=O)c2ccc(S(=O)(=O)N(C)C)cc2)Oc2ccccc21. The average Bonchev–Trinajstić information content (AvgIpc) is 2.72. The van der Waals surface area contributed by atoms with Gasteiger partial charge in [-0.2, -0.15) is 0 Å². The van der Waals surface area contributed by atoms with Crippen molar-refractivity contribution in [3.05, 3.63) is 54.1 Å². The number of ether oxygens (including phenoxy) is 1. The van der Waals surface area contributed by atoms with E-state index in [0.29, 0.717) is 18.7 Å². The molecule has 1 amide bonds. The number of carbonyl (C=O) groups excluding carboxylic acids is 1. The van der Waals surface area contributed by atoms with Crippen LogP contribution in [0.4, 0.5) is 5.69 Å². The number of likely N-dealkylation sites (N-methyl/N-ethyl adjacent to an activating group) is 2. The van der Waals surface area contributed by atoms with Crippen molar-refractivity contribution >= 4 is 21.6 Å². The largest absolute Gasteiger partial charge is 0.485 e. The quantitative estimate of drug-likeness (QED) is 0.721. The van der Waals surface area contributed by atoms with Crippen molar-refractivity contribution in [2.24, 2.45) is 0 Å². The van der Waals surface area contributed by atoms with Crippen LogP contribution in [0.15, 0.2) is 53.4 Å². The van der Waals surface area contributed by atoms with Gasteiger partial charge in [0.15, 0.2) is 0 Å². The molecule has 0 radical (unpaired) electrons. The van der Waals surface area contributed by atoms with Gasteiger partial charge >= 0.3 is 0 Å². The number of rotatable bonds is 6. The third-order valence-electron chi connectivity index (χ3n) is 5.01. The number of benzene rings is 2. The van der Waals surface area contributed by atoms with Gasteiger partial charge in [-0.05, 0) is 43.3 Å². The normalized spacial score (nSPS) is 16.3. The van der Waals surface area contributed by atoms with Gasteiger partial charge < -0.3 is 14.5 Å². The second-order valence-electron chi connectivity index (χ2n) is 7.24. The van der Waals surface area contributed by atoms with Crippen LogP contribution in [-0.4, -0.2) is 70.4 Å². The molecular weight excluding hydrogens is 390 g/mol. The monoisotopic (exact) mass is 417 g/mol. The van der Waals surface area contributed by atoms with Crippen molar-refractivity contribution < 1.29 is 17.9 Å². The number of fused-ring (bicyclic) bond motifs is 1. The molecule has 0 unspecified atom stereocenters. The summed E-state index contributed by atoms with van der Waals surface area (Å²) in [5, 5.41) is 0. The van der Waals surface area contributed by atoms with Gasteiger partial charge in [0.2, 0.25) is 10.0 Å². The third kappa shape index (κ3) is 4.38. The van der Waals surface area contributed by atoms with E-state index in [2.05, 4.69) is 11.8 Å². The molecule has 0 aliphatic carbocycles. The summed E-state index contributed by atoms with van der Waals surface area (Å²) in [6, 6.07) is 13.9. The zero-order chi connectivity index (χ0) is 21.2. The lowest BCUT2D eigenvalue weighted by Gasteiger charge is -2.37. The highest BCUT2D eigenvalue weighted by Crippen LogP contribution is 2.32. The first kappa shape index (κ1) is 21.1. The summed E-state index contributed by atoms with van der Waals surface area (Å²) >= 11 is 0. The highest BCUT2D eigenvalue weighted by molar-refractivity contribution is 7.89. The van der Waals surface area contributed by atoms with E-state index >= 15 is 0 Å². The number of hydrogen-bond acceptors (Lipinski definition) is 5. The minimum absolute atomic E-state index is 0.146. The van der Waals surface area contributed by atoms with Gasteiger partial charge in [-0.3, -0.25) is 4.79 Å². The second kappa shape index (κ2) is 8.42. The Morgan fingerprint density at radius 1 is 1.10 bits per heavy atom. The van der Waals surface area contributed by atoms with E-state index in [1.165, 1.54) is 26.2 Å². The third-order valence-corrected chi connectivity index (χ3v) is 6.84. The summed E-state index contributed by atoms with van der Waals surface area (Å²) in [6.45, 7) is 4.08. The number of carbonyl (C=O) groups is 1. The van der Waals surface area contributed by atoms with Gasteiger partial charge in [-0.1, -0.05) is 12.1 Å². The minimum Gasteiger partial charge on any atom is -0.485 e. The van der Waals surface area contributed by atoms with Gasteiger partial charge in [0.05, 0.1) is 23.7 Å². The van der Waals surface area contributed by atoms with E-state index in [1.54, 1.807) is 24.1 Å². The zero-order valence-corrected chi connectivity index (χ0v) is 18.0. The molecule has 0 saturated carbocycles. The summed E-state index contributed by atoms with van der Waals surface area (Å²) in [5.74, 6) is 0.647. The van der Waals surface area contributed by atoms with Crippen molar-refractivity contribution in [2.75, 3.05) is 45.7 Å². The van der Waals surface area contributed by atoms with E-state index in [9.17, 15) is 13.2 Å². The average molecular weight is 418 g/mol. The molecule has 0 N–H and O–H groups in total. The Labute approximate surface area is 172 Å². The van der Waals surface area contributed by atoms with Crippen molar-refractivity contribution in [2.45, 2.75) is 17.9 Å². The molecule has 0 bridgehead atoms. The molecule has 2 aromatic rings. The molecule has 1 aliphatic rings. The zero-order valence-electron chi connectivity index (χ0n) is 17.2. The van der Waals surface area contributed by atoms with Crippen LogP contribution >= 0.6 is 0 Å². The summed E-state index contributed by atoms with van der Waals surface area (Å²) in [4.78, 5) is 16.8. The van der Waals surface area contributed by atoms with Crippen LogP contribution in [0.25, 0.3) is 0 Å². The first-order valence-corrected chi connectivity index (χ1v) is 11.0. The van der Waals surface area contributed by atoms with Crippen molar-refractivity contribution in [1.29, 1.82) is 0 Å². The molecule has 0 fully saturated rings. The van der Waals surface area contributed by atoms with Gasteiger partial charge in [0.1, 0.15) is 11.9 Å². The molecule has 0 spiro atoms. The summed E-state index contributed by atoms with van der Waals surface area (Å²) in [5.41, 5.74) is 1.51. The van der Waals surface area contributed by atoms with E-state index in [4.69, 9.17) is 4.74 Å². The smallest absolute Gasteiger partial charge is 0.253 e. The molecule has 29 heavy (non-hydrogen) atoms. The fourth-order valence-electron chi connectivity index (χ4n) is 3.36. The maximum absolute atomic E-state index is 12.8. The molecule has 1 heterocycles. The second-order valence-corrected chi connectivity index (χ2v) is 9.40. The van der Waals surface area contributed by atoms with E-state index in [1.807, 2.05) is 24.3 Å². The lowest BCUT2D eigenvalue weighted by Crippen LogP contribution is -2.46. The Morgan fingerprint density at radius 2 is 1.76 bits per heavy atom. The Balaban J connectivity index is 1.70. The fourth-order valence-corrected chi connectivity index (χ4v) is 4.26. The van der Waals surface area contributed by atoms with Crippen molar-refractivity contribution in [3.63, 3.8) is 0 Å². The molecule has 0 aromatic heterocycles. The maximum Gasteiger partial charge on any atom is 0.253 e. The number of nitrogens with zero attached hydrogens (tertiary/aromatic N) is 3. The lowest BCUT2D eigenvalue weighted by atomic mass is 10.1.